The Bertz CT molecular complexity index is 1100. The first kappa shape index (κ1) is 23.4. The first-order valence-electron chi connectivity index (χ1n) is 12.9. The van der Waals surface area contributed by atoms with Gasteiger partial charge in [0, 0.05) is 24.7 Å². The van der Waals surface area contributed by atoms with E-state index in [4.69, 9.17) is 4.74 Å². The lowest BCUT2D eigenvalue weighted by atomic mass is 9.86. The molecule has 3 heterocycles. The minimum Gasteiger partial charge on any atom is -0.459 e. The van der Waals surface area contributed by atoms with Gasteiger partial charge in [0.15, 0.2) is 0 Å². The number of quaternary nitrogens is 1. The number of rotatable bonds is 6. The highest BCUT2D eigenvalue weighted by Crippen LogP contribution is 2.52. The normalized spacial score (nSPS) is 32.6. The van der Waals surface area contributed by atoms with E-state index in [0.29, 0.717) is 33.5 Å². The molecule has 2 saturated carbocycles. The van der Waals surface area contributed by atoms with Gasteiger partial charge < -0.3 is 14.3 Å². The van der Waals surface area contributed by atoms with Gasteiger partial charge in [-0.2, -0.15) is 0 Å². The van der Waals surface area contributed by atoms with Crippen LogP contribution >= 0.6 is 22.7 Å². The highest BCUT2D eigenvalue weighted by molar-refractivity contribution is 7.12. The summed E-state index contributed by atoms with van der Waals surface area (Å²) >= 11 is 2.81. The third-order valence-corrected chi connectivity index (χ3v) is 11.0. The van der Waals surface area contributed by atoms with E-state index in [9.17, 15) is 9.90 Å². The van der Waals surface area contributed by atoms with E-state index in [1.165, 1.54) is 60.6 Å². The minimum absolute atomic E-state index is 0.0977. The van der Waals surface area contributed by atoms with Crippen LogP contribution in [0.15, 0.2) is 65.4 Å². The number of benzene rings is 1. The molecule has 6 rings (SSSR count). The zero-order valence-corrected chi connectivity index (χ0v) is 21.8. The zero-order valence-electron chi connectivity index (χ0n) is 20.2. The van der Waals surface area contributed by atoms with Gasteiger partial charge in [-0.1, -0.05) is 42.5 Å². The van der Waals surface area contributed by atoms with Crippen molar-refractivity contribution in [1.82, 2.24) is 0 Å². The molecule has 2 bridgehead atoms. The van der Waals surface area contributed by atoms with Gasteiger partial charge in [0.1, 0.15) is 6.10 Å². The van der Waals surface area contributed by atoms with E-state index >= 15 is 0 Å². The first-order valence-corrected chi connectivity index (χ1v) is 14.7. The van der Waals surface area contributed by atoms with Crippen molar-refractivity contribution in [2.45, 2.75) is 55.8 Å². The largest absolute Gasteiger partial charge is 0.459 e. The molecule has 3 aromatic rings. The summed E-state index contributed by atoms with van der Waals surface area (Å²) in [7, 11) is 2.44. The van der Waals surface area contributed by atoms with E-state index in [0.717, 1.165) is 17.3 Å². The molecular formula is C29H34NO3S2+. The molecule has 1 aliphatic heterocycles. The Balaban J connectivity index is 1.18. The van der Waals surface area contributed by atoms with Crippen LogP contribution in [0.25, 0.3) is 0 Å². The highest BCUT2D eigenvalue weighted by Gasteiger charge is 2.59. The molecule has 6 heteroatoms. The number of carbonyl (C=O) groups excluding carboxylic acids is 1. The summed E-state index contributed by atoms with van der Waals surface area (Å²) in [6.45, 7) is 2.37. The Kier molecular flexibility index (Phi) is 6.12. The van der Waals surface area contributed by atoms with Crippen LogP contribution in [0.2, 0.25) is 0 Å². The molecule has 4 nitrogen and oxygen atoms in total. The van der Waals surface area contributed by atoms with Crippen LogP contribution < -0.4 is 0 Å². The van der Waals surface area contributed by atoms with Crippen LogP contribution in [0.5, 0.6) is 0 Å². The summed E-state index contributed by atoms with van der Waals surface area (Å²) in [4.78, 5) is 14.9. The number of ether oxygens (including phenoxy) is 1. The van der Waals surface area contributed by atoms with Crippen molar-refractivity contribution >= 4 is 28.6 Å². The molecular weight excluding hydrogens is 474 g/mol. The Morgan fingerprint density at radius 3 is 2.20 bits per heavy atom. The number of fused-ring (bicyclic) bond motifs is 2. The Hall–Kier alpha value is -1.99. The molecule has 3 aliphatic rings. The molecule has 184 valence electrons. The zero-order chi connectivity index (χ0) is 24.0. The van der Waals surface area contributed by atoms with Crippen molar-refractivity contribution in [2.75, 3.05) is 20.1 Å². The lowest BCUT2D eigenvalue weighted by molar-refractivity contribution is -0.942. The topological polar surface area (TPSA) is 46.5 Å². The Morgan fingerprint density at radius 2 is 1.60 bits per heavy atom. The molecule has 2 aliphatic carbocycles. The molecule has 2 aromatic heterocycles. The van der Waals surface area contributed by atoms with E-state index < -0.39 is 11.6 Å². The molecule has 1 aromatic carbocycles. The molecule has 1 N–H and O–H groups in total. The van der Waals surface area contributed by atoms with Crippen molar-refractivity contribution in [3.63, 3.8) is 0 Å². The average Bonchev–Trinajstić information content (AvgIpc) is 3.69. The third-order valence-electron chi connectivity index (χ3n) is 9.08. The van der Waals surface area contributed by atoms with E-state index in [-0.39, 0.29) is 6.10 Å². The number of esters is 1. The van der Waals surface area contributed by atoms with Gasteiger partial charge in [0.2, 0.25) is 5.60 Å². The van der Waals surface area contributed by atoms with E-state index in [1.54, 1.807) is 0 Å². The molecule has 4 atom stereocenters. The SMILES string of the molecule is C[N+]1(C2C3CCC2C(OC(=O)C(O)(c2cccs2)c2cccs2)C3)CCC(c2ccccc2)CC1. The maximum Gasteiger partial charge on any atom is 0.349 e. The number of thiophene rings is 2. The van der Waals surface area contributed by atoms with Crippen LogP contribution in [-0.2, 0) is 15.1 Å². The van der Waals surface area contributed by atoms with Gasteiger partial charge in [-0.05, 0) is 53.6 Å². The number of piperidine rings is 1. The van der Waals surface area contributed by atoms with Gasteiger partial charge in [0.05, 0.1) is 35.9 Å². The number of nitrogens with zero attached hydrogens (tertiary/aromatic N) is 1. The number of likely N-dealkylation sites (tertiary alicyclic amines) is 1. The monoisotopic (exact) mass is 508 g/mol. The van der Waals surface area contributed by atoms with E-state index in [1.807, 2.05) is 35.0 Å². The van der Waals surface area contributed by atoms with Gasteiger partial charge in [0.25, 0.3) is 0 Å². The fourth-order valence-electron chi connectivity index (χ4n) is 7.37. The standard InChI is InChI=1S/C29H34NO3S2/c1-30(15-13-21(14-16-30)20-7-3-2-4-8-20)27-22-11-12-23(27)24(19-22)33-28(31)29(32,25-9-5-17-34-25)26-10-6-18-35-26/h2-10,17-18,21-24,27,32H,11-16,19H2,1H3/q+1. The lowest BCUT2D eigenvalue weighted by Gasteiger charge is -2.47. The Morgan fingerprint density at radius 1 is 0.943 bits per heavy atom. The van der Waals surface area contributed by atoms with Crippen molar-refractivity contribution < 1.29 is 19.1 Å². The summed E-state index contributed by atoms with van der Waals surface area (Å²) < 4.78 is 7.33. The summed E-state index contributed by atoms with van der Waals surface area (Å²) in [6, 6.07) is 18.9. The lowest BCUT2D eigenvalue weighted by Crippen LogP contribution is -2.58. The maximum absolute atomic E-state index is 13.6. The number of hydrogen-bond acceptors (Lipinski definition) is 5. The second-order valence-corrected chi connectivity index (χ2v) is 12.8. The highest BCUT2D eigenvalue weighted by atomic mass is 32.1. The molecule has 4 unspecified atom stereocenters. The van der Waals surface area contributed by atoms with Crippen LogP contribution in [0.4, 0.5) is 0 Å². The van der Waals surface area contributed by atoms with Crippen LogP contribution in [0, 0.1) is 11.8 Å². The van der Waals surface area contributed by atoms with Crippen molar-refractivity contribution in [3.05, 3.63) is 80.7 Å². The van der Waals surface area contributed by atoms with Gasteiger partial charge in [-0.3, -0.25) is 0 Å². The fraction of sp³-hybridized carbons (Fsp3) is 0.483. The second-order valence-electron chi connectivity index (χ2n) is 10.9. The van der Waals surface area contributed by atoms with Crippen molar-refractivity contribution in [2.24, 2.45) is 11.8 Å². The fourth-order valence-corrected chi connectivity index (χ4v) is 9.08. The first-order chi connectivity index (χ1) is 17.0. The smallest absolute Gasteiger partial charge is 0.349 e. The van der Waals surface area contributed by atoms with E-state index in [2.05, 4.69) is 37.4 Å². The minimum atomic E-state index is -1.72. The van der Waals surface area contributed by atoms with Gasteiger partial charge in [-0.15, -0.1) is 22.7 Å². The van der Waals surface area contributed by atoms with Crippen LogP contribution in [0.3, 0.4) is 0 Å². The van der Waals surface area contributed by atoms with Crippen molar-refractivity contribution in [1.29, 1.82) is 0 Å². The van der Waals surface area contributed by atoms with Crippen molar-refractivity contribution in [3.8, 4) is 0 Å². The predicted octanol–water partition coefficient (Wildman–Crippen LogP) is 5.78. The second kappa shape index (κ2) is 9.15. The summed E-state index contributed by atoms with van der Waals surface area (Å²) in [5.74, 6) is 1.14. The summed E-state index contributed by atoms with van der Waals surface area (Å²) in [5, 5.41) is 15.5. The molecule has 35 heavy (non-hydrogen) atoms. The van der Waals surface area contributed by atoms with Gasteiger partial charge >= 0.3 is 5.97 Å². The summed E-state index contributed by atoms with van der Waals surface area (Å²) in [6.07, 6.45) is 5.63. The number of carbonyl (C=O) groups is 1. The molecule has 0 spiro atoms. The molecule has 0 amide bonds. The predicted molar refractivity (Wildman–Crippen MR) is 140 cm³/mol. The average molecular weight is 509 g/mol. The third kappa shape index (κ3) is 3.99. The van der Waals surface area contributed by atoms with Gasteiger partial charge in [-0.25, -0.2) is 4.79 Å². The Labute approximate surface area is 215 Å². The molecule has 3 fully saturated rings. The molecule has 1 saturated heterocycles. The number of hydrogen-bond donors (Lipinski definition) is 1. The molecule has 0 radical (unpaired) electrons. The summed E-state index contributed by atoms with van der Waals surface area (Å²) in [5.41, 5.74) is -0.243. The van der Waals surface area contributed by atoms with Crippen LogP contribution in [-0.4, -0.2) is 47.8 Å². The number of aliphatic hydroxyl groups is 1. The maximum atomic E-state index is 13.6. The van der Waals surface area contributed by atoms with Crippen LogP contribution in [0.1, 0.15) is 53.3 Å². The quantitative estimate of drug-likeness (QED) is 0.339.